The fraction of sp³-hybridized carbons (Fsp3) is 0.368. The van der Waals surface area contributed by atoms with Gasteiger partial charge >= 0.3 is 11.9 Å². The number of amides is 2. The van der Waals surface area contributed by atoms with Crippen molar-refractivity contribution in [1.82, 2.24) is 39.8 Å². The molecule has 0 radical (unpaired) electrons. The maximum absolute atomic E-state index is 13.0. The average molecular weight is 595 g/mol. The molecule has 39 heavy (non-hydrogen) atoms. The van der Waals surface area contributed by atoms with Crippen LogP contribution >= 0.6 is 35.1 Å². The number of oxime groups is 1. The molecule has 4 rings (SSSR count). The predicted molar refractivity (Wildman–Crippen MR) is 136 cm³/mol. The molecule has 204 valence electrons. The highest BCUT2D eigenvalue weighted by atomic mass is 32.2. The number of nitrogens with one attached hydrogen (secondary N) is 1. The zero-order chi connectivity index (χ0) is 28.1. The van der Waals surface area contributed by atoms with Gasteiger partial charge in [-0.1, -0.05) is 22.8 Å². The first kappa shape index (κ1) is 27.8. The summed E-state index contributed by atoms with van der Waals surface area (Å²) < 4.78 is 5.23. The van der Waals surface area contributed by atoms with Crippen molar-refractivity contribution in [3.63, 3.8) is 0 Å². The van der Waals surface area contributed by atoms with Crippen LogP contribution in [0.1, 0.15) is 12.2 Å². The Morgan fingerprint density at radius 1 is 1.36 bits per heavy atom. The maximum atomic E-state index is 13.0. The summed E-state index contributed by atoms with van der Waals surface area (Å²) in [7, 11) is 0. The number of hydrogen-bond donors (Lipinski definition) is 4. The van der Waals surface area contributed by atoms with Crippen LogP contribution in [0, 0.1) is 12.3 Å². The molecule has 1 fully saturated rings. The zero-order valence-electron chi connectivity index (χ0n) is 19.6. The van der Waals surface area contributed by atoms with Gasteiger partial charge in [0.1, 0.15) is 17.1 Å². The lowest BCUT2D eigenvalue weighted by molar-refractivity contribution is -0.150. The number of carboxylic acid groups (broad SMARTS) is 2. The van der Waals surface area contributed by atoms with Crippen molar-refractivity contribution in [3.8, 4) is 12.3 Å². The number of aryl methyl sites for hydroxylation is 1. The van der Waals surface area contributed by atoms with Crippen LogP contribution in [0.4, 0.5) is 5.13 Å². The summed E-state index contributed by atoms with van der Waals surface area (Å²) in [6, 6.07) is -1.05. The molecule has 0 spiro atoms. The number of thioether (sulfide) groups is 2. The quantitative estimate of drug-likeness (QED) is 0.0544. The third-order valence-electron chi connectivity index (χ3n) is 5.12. The van der Waals surface area contributed by atoms with Gasteiger partial charge in [-0.15, -0.1) is 23.3 Å². The monoisotopic (exact) mass is 594 g/mol. The van der Waals surface area contributed by atoms with Crippen LogP contribution in [0.5, 0.6) is 0 Å². The summed E-state index contributed by atoms with van der Waals surface area (Å²) in [6.45, 7) is -0.190. The van der Waals surface area contributed by atoms with Gasteiger partial charge in [-0.2, -0.15) is 9.36 Å². The van der Waals surface area contributed by atoms with Gasteiger partial charge in [0.25, 0.3) is 11.8 Å². The number of nitrogens with two attached hydrogens (primary N) is 1. The Morgan fingerprint density at radius 2 is 2.15 bits per heavy atom. The standard InChI is InChI=1S/C19H18N10O7S3/c1-2-5-36-24-10(13-22-18(20)39-25-13)14(32)21-11-15(33)29-12(17(34)35)8(6-37-16(11)29)7-38-19-23-26-27-28(19)4-3-9(30)31/h1,11,16H,3-7H2,(H,21,32)(H,30,31)(H,34,35)(H2,20,22,25)/b24-10+/t11?,16-/m1/s1. The zero-order valence-corrected chi connectivity index (χ0v) is 22.0. The van der Waals surface area contributed by atoms with Gasteiger partial charge in [0, 0.05) is 23.0 Å². The Kier molecular flexibility index (Phi) is 8.62. The minimum Gasteiger partial charge on any atom is -0.481 e. The molecule has 1 saturated heterocycles. The van der Waals surface area contributed by atoms with E-state index in [0.29, 0.717) is 10.7 Å². The van der Waals surface area contributed by atoms with Crippen molar-refractivity contribution in [1.29, 1.82) is 0 Å². The van der Waals surface area contributed by atoms with E-state index in [1.807, 2.05) is 0 Å². The van der Waals surface area contributed by atoms with E-state index in [1.54, 1.807) is 0 Å². The lowest BCUT2D eigenvalue weighted by Gasteiger charge is -2.49. The third-order valence-corrected chi connectivity index (χ3v) is 8.05. The molecule has 20 heteroatoms. The number of nitrogens with zero attached hydrogens (tertiary/aromatic N) is 8. The molecule has 4 heterocycles. The van der Waals surface area contributed by atoms with Crippen molar-refractivity contribution in [2.24, 2.45) is 5.16 Å². The fourth-order valence-electron chi connectivity index (χ4n) is 3.45. The summed E-state index contributed by atoms with van der Waals surface area (Å²) in [4.78, 5) is 58.8. The Hall–Kier alpha value is -4.22. The van der Waals surface area contributed by atoms with Gasteiger partial charge in [0.15, 0.2) is 11.7 Å². The molecule has 5 N–H and O–H groups in total. The van der Waals surface area contributed by atoms with Crippen LogP contribution in [0.2, 0.25) is 0 Å². The number of anilines is 1. The third kappa shape index (κ3) is 6.10. The number of rotatable bonds is 12. The number of aliphatic carboxylic acids is 2. The summed E-state index contributed by atoms with van der Waals surface area (Å²) in [6.07, 6.45) is 4.94. The van der Waals surface area contributed by atoms with Gasteiger partial charge in [-0.3, -0.25) is 19.3 Å². The summed E-state index contributed by atoms with van der Waals surface area (Å²) in [5.74, 6) is -1.36. The molecule has 17 nitrogen and oxygen atoms in total. The number of carboxylic acids is 2. The molecule has 0 saturated carbocycles. The molecular formula is C19H18N10O7S3. The van der Waals surface area contributed by atoms with Crippen LogP contribution in [-0.2, 0) is 30.6 Å². The van der Waals surface area contributed by atoms with E-state index in [2.05, 4.69) is 41.3 Å². The largest absolute Gasteiger partial charge is 0.481 e. The maximum Gasteiger partial charge on any atom is 0.352 e. The molecular weight excluding hydrogens is 576 g/mol. The van der Waals surface area contributed by atoms with Crippen molar-refractivity contribution < 1.29 is 34.2 Å². The van der Waals surface area contributed by atoms with E-state index < -0.39 is 35.2 Å². The number of terminal acetylenes is 1. The number of β-lactam (4-membered cyclic amide) rings is 1. The fourth-order valence-corrected chi connectivity index (χ4v) is 6.27. The van der Waals surface area contributed by atoms with Crippen LogP contribution < -0.4 is 11.1 Å². The van der Waals surface area contributed by atoms with Gasteiger partial charge in [0.05, 0.1) is 13.0 Å². The summed E-state index contributed by atoms with van der Waals surface area (Å²) in [5, 5.41) is 35.8. The number of aromatic nitrogens is 6. The smallest absolute Gasteiger partial charge is 0.352 e. The van der Waals surface area contributed by atoms with E-state index in [0.717, 1.165) is 28.2 Å². The first-order valence-corrected chi connectivity index (χ1v) is 13.6. The van der Waals surface area contributed by atoms with Crippen molar-refractivity contribution >= 4 is 69.7 Å². The molecule has 0 aliphatic carbocycles. The van der Waals surface area contributed by atoms with Crippen molar-refractivity contribution in [2.75, 3.05) is 23.8 Å². The Labute approximate surface area is 231 Å². The van der Waals surface area contributed by atoms with Crippen LogP contribution in [0.15, 0.2) is 21.6 Å². The second-order valence-corrected chi connectivity index (χ2v) is 10.4. The number of carbonyl (C=O) groups excluding carboxylic acids is 2. The van der Waals surface area contributed by atoms with Gasteiger partial charge in [0.2, 0.25) is 16.7 Å². The first-order valence-electron chi connectivity index (χ1n) is 10.8. The second kappa shape index (κ2) is 12.1. The van der Waals surface area contributed by atoms with Gasteiger partial charge in [-0.25, -0.2) is 9.48 Å². The van der Waals surface area contributed by atoms with E-state index in [9.17, 15) is 24.3 Å². The SMILES string of the molecule is C#CCO/N=C(/C(=O)NC1C(=O)N2C(C(=O)O)=C(CSc3nnnn3CCC(=O)O)CS[C@H]12)c1nsc(N)n1. The summed E-state index contributed by atoms with van der Waals surface area (Å²) >= 11 is 3.19. The highest BCUT2D eigenvalue weighted by molar-refractivity contribution is 8.01. The average Bonchev–Trinajstić information content (AvgIpc) is 3.54. The predicted octanol–water partition coefficient (Wildman–Crippen LogP) is -1.53. The first-order chi connectivity index (χ1) is 18.7. The molecule has 2 aromatic rings. The number of tetrazole rings is 1. The number of fused-ring (bicyclic) bond motifs is 1. The molecule has 2 aliphatic rings. The number of nitrogen functional groups attached to an aromatic ring is 1. The normalized spacial score (nSPS) is 18.7. The molecule has 2 atom stereocenters. The van der Waals surface area contributed by atoms with Crippen molar-refractivity contribution in [3.05, 3.63) is 17.1 Å². The van der Waals surface area contributed by atoms with E-state index >= 15 is 0 Å². The molecule has 0 bridgehead atoms. The van der Waals surface area contributed by atoms with Crippen molar-refractivity contribution in [2.45, 2.75) is 29.5 Å². The van der Waals surface area contributed by atoms with Crippen LogP contribution in [0.25, 0.3) is 0 Å². The van der Waals surface area contributed by atoms with Crippen LogP contribution in [-0.4, -0.2) is 104 Å². The minimum absolute atomic E-state index is 0.0421. The molecule has 1 unspecified atom stereocenters. The number of hydrogen-bond acceptors (Lipinski definition) is 15. The topological polar surface area (TPSA) is 241 Å². The Balaban J connectivity index is 1.47. The van der Waals surface area contributed by atoms with Gasteiger partial charge in [-0.05, 0) is 16.0 Å². The van der Waals surface area contributed by atoms with Gasteiger partial charge < -0.3 is 26.1 Å². The highest BCUT2D eigenvalue weighted by Crippen LogP contribution is 2.41. The Bertz CT molecular complexity index is 1410. The molecule has 2 amide bonds. The second-order valence-electron chi connectivity index (χ2n) is 7.61. The Morgan fingerprint density at radius 3 is 2.82 bits per heavy atom. The molecule has 0 aromatic carbocycles. The number of carbonyl (C=O) groups is 4. The lowest BCUT2D eigenvalue weighted by Crippen LogP contribution is -2.71. The minimum atomic E-state index is -1.31. The highest BCUT2D eigenvalue weighted by Gasteiger charge is 2.54. The van der Waals surface area contributed by atoms with Crippen LogP contribution in [0.3, 0.4) is 0 Å². The summed E-state index contributed by atoms with van der Waals surface area (Å²) in [5.41, 5.74) is 5.47. The lowest BCUT2D eigenvalue weighted by atomic mass is 10.0. The molecule has 2 aromatic heterocycles. The van der Waals surface area contributed by atoms with E-state index in [1.165, 1.54) is 16.4 Å². The molecule has 2 aliphatic heterocycles. The van der Waals surface area contributed by atoms with E-state index in [4.69, 9.17) is 22.1 Å². The van der Waals surface area contributed by atoms with E-state index in [-0.39, 0.29) is 53.4 Å².